The van der Waals surface area contributed by atoms with Gasteiger partial charge in [0.15, 0.2) is 0 Å². The summed E-state index contributed by atoms with van der Waals surface area (Å²) in [7, 11) is 0. The summed E-state index contributed by atoms with van der Waals surface area (Å²) in [5.74, 6) is 4.70. The number of hydrogen-bond donors (Lipinski definition) is 0. The molecule has 2 aliphatic heterocycles. The molecule has 0 amide bonds. The first kappa shape index (κ1) is 17.0. The van der Waals surface area contributed by atoms with Gasteiger partial charge < -0.3 is 9.47 Å². The van der Waals surface area contributed by atoms with Crippen molar-refractivity contribution in [2.75, 3.05) is 23.0 Å². The topological polar surface area (TPSA) is 52.6 Å². The summed E-state index contributed by atoms with van der Waals surface area (Å²) in [6.07, 6.45) is 7.28. The van der Waals surface area contributed by atoms with Crippen LogP contribution in [0, 0.1) is 0 Å². The highest BCUT2D eigenvalue weighted by Crippen LogP contribution is 2.21. The number of ether oxygens (including phenoxy) is 2. The third-order valence-corrected chi connectivity index (χ3v) is 5.90. The molecule has 0 aromatic rings. The standard InChI is InChI=1S/C15H24O4S2/c16-14-10-12(18-14)4-1-6-20-8-3-9-21-7-2-5-13-11-15(17)19-13/h12-13H,1-11H2. The highest BCUT2D eigenvalue weighted by Gasteiger charge is 2.27. The van der Waals surface area contributed by atoms with E-state index >= 15 is 0 Å². The molecule has 120 valence electrons. The van der Waals surface area contributed by atoms with Crippen molar-refractivity contribution in [3.05, 3.63) is 0 Å². The Labute approximate surface area is 135 Å². The zero-order chi connectivity index (χ0) is 14.9. The number of carbonyl (C=O) groups is 2. The van der Waals surface area contributed by atoms with Crippen LogP contribution >= 0.6 is 23.5 Å². The van der Waals surface area contributed by atoms with Crippen LogP contribution in [0.2, 0.25) is 0 Å². The van der Waals surface area contributed by atoms with Gasteiger partial charge in [-0.3, -0.25) is 9.59 Å². The van der Waals surface area contributed by atoms with Gasteiger partial charge in [-0.1, -0.05) is 0 Å². The molecule has 4 nitrogen and oxygen atoms in total. The van der Waals surface area contributed by atoms with E-state index < -0.39 is 0 Å². The SMILES string of the molecule is O=C1CC(CCCSCCCSCCCC2CC(=O)O2)O1. The van der Waals surface area contributed by atoms with Gasteiger partial charge in [0.25, 0.3) is 0 Å². The summed E-state index contributed by atoms with van der Waals surface area (Å²) in [5.41, 5.74) is 0. The molecule has 2 atom stereocenters. The van der Waals surface area contributed by atoms with Crippen LogP contribution in [0.1, 0.15) is 44.9 Å². The van der Waals surface area contributed by atoms with Crippen molar-refractivity contribution in [3.8, 4) is 0 Å². The van der Waals surface area contributed by atoms with E-state index in [0.29, 0.717) is 12.8 Å². The third-order valence-electron chi connectivity index (χ3n) is 3.59. The van der Waals surface area contributed by atoms with Crippen molar-refractivity contribution in [2.24, 2.45) is 0 Å². The van der Waals surface area contributed by atoms with Crippen LogP contribution in [-0.4, -0.2) is 47.2 Å². The molecule has 0 aliphatic carbocycles. The fourth-order valence-electron chi connectivity index (χ4n) is 2.34. The van der Waals surface area contributed by atoms with Crippen LogP contribution in [0.15, 0.2) is 0 Å². The van der Waals surface area contributed by atoms with Crippen LogP contribution in [0.25, 0.3) is 0 Å². The fourth-order valence-corrected chi connectivity index (χ4v) is 4.37. The van der Waals surface area contributed by atoms with Gasteiger partial charge in [0, 0.05) is 0 Å². The molecule has 2 unspecified atom stereocenters. The molecule has 0 bridgehead atoms. The average Bonchev–Trinajstić information content (AvgIpc) is 2.40. The summed E-state index contributed by atoms with van der Waals surface area (Å²) < 4.78 is 9.96. The first-order chi connectivity index (χ1) is 10.2. The molecule has 2 rings (SSSR count). The normalized spacial score (nSPS) is 24.0. The monoisotopic (exact) mass is 332 g/mol. The van der Waals surface area contributed by atoms with Crippen molar-refractivity contribution < 1.29 is 19.1 Å². The first-order valence-corrected chi connectivity index (χ1v) is 10.1. The zero-order valence-electron chi connectivity index (χ0n) is 12.4. The molecule has 2 aliphatic rings. The van der Waals surface area contributed by atoms with E-state index in [1.54, 1.807) is 0 Å². The van der Waals surface area contributed by atoms with Gasteiger partial charge in [0.05, 0.1) is 12.8 Å². The van der Waals surface area contributed by atoms with Gasteiger partial charge in [-0.15, -0.1) is 0 Å². The van der Waals surface area contributed by atoms with Crippen LogP contribution in [0.5, 0.6) is 0 Å². The maximum atomic E-state index is 10.6. The molecule has 0 saturated carbocycles. The van der Waals surface area contributed by atoms with Crippen LogP contribution < -0.4 is 0 Å². The van der Waals surface area contributed by atoms with Gasteiger partial charge in [0.1, 0.15) is 12.2 Å². The second-order valence-corrected chi connectivity index (χ2v) is 7.94. The van der Waals surface area contributed by atoms with Crippen molar-refractivity contribution in [2.45, 2.75) is 57.2 Å². The van der Waals surface area contributed by atoms with E-state index in [1.807, 2.05) is 23.5 Å². The molecular weight excluding hydrogens is 308 g/mol. The Kier molecular flexibility index (Phi) is 7.78. The van der Waals surface area contributed by atoms with E-state index in [0.717, 1.165) is 25.7 Å². The Morgan fingerprint density at radius 2 is 1.14 bits per heavy atom. The second-order valence-electron chi connectivity index (χ2n) is 5.49. The van der Waals surface area contributed by atoms with Gasteiger partial charge in [-0.2, -0.15) is 23.5 Å². The van der Waals surface area contributed by atoms with Crippen molar-refractivity contribution in [1.29, 1.82) is 0 Å². The molecule has 0 aromatic carbocycles. The predicted octanol–water partition coefficient (Wildman–Crippen LogP) is 3.03. The molecule has 2 saturated heterocycles. The lowest BCUT2D eigenvalue weighted by molar-refractivity contribution is -0.170. The Morgan fingerprint density at radius 3 is 1.52 bits per heavy atom. The maximum absolute atomic E-state index is 10.6. The number of carbonyl (C=O) groups excluding carboxylic acids is 2. The molecule has 0 radical (unpaired) electrons. The Hall–Kier alpha value is -0.360. The molecule has 0 N–H and O–H groups in total. The summed E-state index contributed by atoms with van der Waals surface area (Å²) in [5, 5.41) is 0. The zero-order valence-corrected chi connectivity index (χ0v) is 14.0. The molecular formula is C15H24O4S2. The van der Waals surface area contributed by atoms with Gasteiger partial charge in [0.2, 0.25) is 0 Å². The summed E-state index contributed by atoms with van der Waals surface area (Å²) in [4.78, 5) is 21.2. The molecule has 2 heterocycles. The first-order valence-electron chi connectivity index (χ1n) is 7.78. The fraction of sp³-hybridized carbons (Fsp3) is 0.867. The molecule has 2 fully saturated rings. The summed E-state index contributed by atoms with van der Waals surface area (Å²) in [6.45, 7) is 0. The minimum Gasteiger partial charge on any atom is -0.462 e. The lowest BCUT2D eigenvalue weighted by atomic mass is 10.1. The van der Waals surface area contributed by atoms with E-state index in [1.165, 1.54) is 29.4 Å². The third kappa shape index (κ3) is 6.96. The van der Waals surface area contributed by atoms with Crippen molar-refractivity contribution in [3.63, 3.8) is 0 Å². The lowest BCUT2D eigenvalue weighted by Gasteiger charge is -2.25. The smallest absolute Gasteiger partial charge is 0.309 e. The van der Waals surface area contributed by atoms with E-state index in [9.17, 15) is 9.59 Å². The summed E-state index contributed by atoms with van der Waals surface area (Å²) >= 11 is 4.00. The van der Waals surface area contributed by atoms with Crippen LogP contribution in [-0.2, 0) is 19.1 Å². The molecule has 0 spiro atoms. The Bertz CT molecular complexity index is 301. The average molecular weight is 332 g/mol. The van der Waals surface area contributed by atoms with E-state index in [4.69, 9.17) is 9.47 Å². The summed E-state index contributed by atoms with van der Waals surface area (Å²) in [6, 6.07) is 0. The Balaban J connectivity index is 1.24. The quantitative estimate of drug-likeness (QED) is 0.404. The van der Waals surface area contributed by atoms with E-state index in [-0.39, 0.29) is 24.1 Å². The van der Waals surface area contributed by atoms with Crippen molar-refractivity contribution in [1.82, 2.24) is 0 Å². The molecule has 6 heteroatoms. The highest BCUT2D eigenvalue weighted by atomic mass is 32.2. The highest BCUT2D eigenvalue weighted by molar-refractivity contribution is 8.00. The van der Waals surface area contributed by atoms with Crippen LogP contribution in [0.3, 0.4) is 0 Å². The number of hydrogen-bond acceptors (Lipinski definition) is 6. The molecule has 0 aromatic heterocycles. The van der Waals surface area contributed by atoms with Gasteiger partial charge >= 0.3 is 11.9 Å². The van der Waals surface area contributed by atoms with Gasteiger partial charge in [-0.05, 0) is 55.1 Å². The van der Waals surface area contributed by atoms with E-state index in [2.05, 4.69) is 0 Å². The minimum atomic E-state index is -0.0415. The van der Waals surface area contributed by atoms with Crippen LogP contribution in [0.4, 0.5) is 0 Å². The number of thioether (sulfide) groups is 2. The minimum absolute atomic E-state index is 0.0415. The lowest BCUT2D eigenvalue weighted by Crippen LogP contribution is -2.32. The largest absolute Gasteiger partial charge is 0.462 e. The van der Waals surface area contributed by atoms with Gasteiger partial charge in [-0.25, -0.2) is 0 Å². The van der Waals surface area contributed by atoms with Crippen molar-refractivity contribution >= 4 is 35.5 Å². The Morgan fingerprint density at radius 1 is 0.762 bits per heavy atom. The maximum Gasteiger partial charge on any atom is 0.309 e. The molecule has 21 heavy (non-hydrogen) atoms. The number of esters is 2. The second kappa shape index (κ2) is 9.62. The number of cyclic esters (lactones) is 2. The number of rotatable bonds is 12. The predicted molar refractivity (Wildman–Crippen MR) is 86.7 cm³/mol.